The van der Waals surface area contributed by atoms with Gasteiger partial charge in [-0.1, -0.05) is 29.8 Å². The Labute approximate surface area is 160 Å². The van der Waals surface area contributed by atoms with Gasteiger partial charge >= 0.3 is 0 Å². The van der Waals surface area contributed by atoms with Crippen LogP contribution < -0.4 is 15.4 Å². The third kappa shape index (κ3) is 3.19. The molecule has 0 radical (unpaired) electrons. The first kappa shape index (κ1) is 17.3. The van der Waals surface area contributed by atoms with Gasteiger partial charge in [0.25, 0.3) is 5.56 Å². The fourth-order valence-corrected chi connectivity index (χ4v) is 3.35. The second-order valence-electron chi connectivity index (χ2n) is 6.24. The summed E-state index contributed by atoms with van der Waals surface area (Å²) in [4.78, 5) is 28.7. The molecular formula is C18H17ClN6O2. The van der Waals surface area contributed by atoms with Crippen molar-refractivity contribution in [2.45, 2.75) is 0 Å². The first-order valence-electron chi connectivity index (χ1n) is 8.42. The number of anilines is 2. The number of halogens is 1. The van der Waals surface area contributed by atoms with Crippen molar-refractivity contribution in [2.24, 2.45) is 7.05 Å². The van der Waals surface area contributed by atoms with Gasteiger partial charge in [0.2, 0.25) is 5.91 Å². The van der Waals surface area contributed by atoms with Gasteiger partial charge in [-0.15, -0.1) is 0 Å². The predicted octanol–water partition coefficient (Wildman–Crippen LogP) is 1.47. The topological polar surface area (TPSA) is 76.3 Å². The highest BCUT2D eigenvalue weighted by molar-refractivity contribution is 6.33. The number of carbonyl (C=O) groups is 1. The average molecular weight is 385 g/mol. The maximum Gasteiger partial charge on any atom is 0.292 e. The van der Waals surface area contributed by atoms with Gasteiger partial charge in [-0.05, 0) is 12.1 Å². The van der Waals surface area contributed by atoms with E-state index in [2.05, 4.69) is 10.2 Å². The van der Waals surface area contributed by atoms with Crippen molar-refractivity contribution >= 4 is 28.9 Å². The van der Waals surface area contributed by atoms with E-state index in [4.69, 9.17) is 11.6 Å². The zero-order chi connectivity index (χ0) is 19.0. The number of carbonyl (C=O) groups excluding carboxylic acids is 1. The van der Waals surface area contributed by atoms with E-state index in [1.165, 1.54) is 10.9 Å². The Hall–Kier alpha value is -3.13. The minimum absolute atomic E-state index is 0.0523. The minimum atomic E-state index is -0.414. The van der Waals surface area contributed by atoms with E-state index < -0.39 is 5.56 Å². The van der Waals surface area contributed by atoms with Gasteiger partial charge in [0.15, 0.2) is 0 Å². The Morgan fingerprint density at radius 1 is 1.00 bits per heavy atom. The van der Waals surface area contributed by atoms with Crippen LogP contribution in [-0.4, -0.2) is 45.1 Å². The lowest BCUT2D eigenvalue weighted by Crippen LogP contribution is -2.51. The molecule has 3 aromatic rings. The van der Waals surface area contributed by atoms with Crippen molar-refractivity contribution in [2.75, 3.05) is 29.4 Å². The molecule has 1 saturated heterocycles. The van der Waals surface area contributed by atoms with E-state index >= 15 is 0 Å². The number of para-hydroxylation sites is 1. The molecule has 0 bridgehead atoms. The zero-order valence-corrected chi connectivity index (χ0v) is 15.4. The average Bonchev–Trinajstić information content (AvgIpc) is 3.10. The number of rotatable bonds is 3. The summed E-state index contributed by atoms with van der Waals surface area (Å²) in [6, 6.07) is 9.06. The van der Waals surface area contributed by atoms with Crippen molar-refractivity contribution in [3.63, 3.8) is 0 Å². The van der Waals surface area contributed by atoms with Crippen LogP contribution in [0.2, 0.25) is 5.02 Å². The minimum Gasteiger partial charge on any atom is -0.358 e. The van der Waals surface area contributed by atoms with Crippen LogP contribution in [0.4, 0.5) is 11.4 Å². The lowest BCUT2D eigenvalue weighted by atomic mass is 10.2. The lowest BCUT2D eigenvalue weighted by molar-refractivity contribution is -0.117. The number of nitrogens with zero attached hydrogens (tertiary/aromatic N) is 6. The molecule has 1 aliphatic heterocycles. The van der Waals surface area contributed by atoms with E-state index in [1.54, 1.807) is 46.1 Å². The van der Waals surface area contributed by atoms with E-state index in [1.807, 2.05) is 18.2 Å². The van der Waals surface area contributed by atoms with Crippen LogP contribution in [0.1, 0.15) is 0 Å². The predicted molar refractivity (Wildman–Crippen MR) is 103 cm³/mol. The molecular weight excluding hydrogens is 368 g/mol. The monoisotopic (exact) mass is 384 g/mol. The summed E-state index contributed by atoms with van der Waals surface area (Å²) in [7, 11) is 1.80. The molecule has 1 aliphatic rings. The normalized spacial score (nSPS) is 14.7. The molecule has 0 unspecified atom stereocenters. The van der Waals surface area contributed by atoms with E-state index in [0.29, 0.717) is 24.5 Å². The zero-order valence-electron chi connectivity index (χ0n) is 14.6. The first-order chi connectivity index (χ1) is 13.0. The van der Waals surface area contributed by atoms with Gasteiger partial charge in [-0.2, -0.15) is 14.9 Å². The van der Waals surface area contributed by atoms with E-state index in [0.717, 1.165) is 5.69 Å². The van der Waals surface area contributed by atoms with Gasteiger partial charge in [0, 0.05) is 26.3 Å². The fraction of sp³-hybridized carbons (Fsp3) is 0.222. The molecule has 0 N–H and O–H groups in total. The van der Waals surface area contributed by atoms with E-state index in [-0.39, 0.29) is 17.5 Å². The molecule has 0 spiro atoms. The summed E-state index contributed by atoms with van der Waals surface area (Å²) >= 11 is 6.33. The third-order valence-corrected chi connectivity index (χ3v) is 4.82. The van der Waals surface area contributed by atoms with Crippen LogP contribution in [0.15, 0.2) is 53.7 Å². The summed E-state index contributed by atoms with van der Waals surface area (Å²) in [5.41, 5.74) is 1.44. The highest BCUT2D eigenvalue weighted by Gasteiger charge is 2.28. The lowest BCUT2D eigenvalue weighted by Gasteiger charge is -2.35. The van der Waals surface area contributed by atoms with Gasteiger partial charge in [-0.3, -0.25) is 14.3 Å². The summed E-state index contributed by atoms with van der Waals surface area (Å²) in [6.07, 6.45) is 4.98. The highest BCUT2D eigenvalue weighted by atomic mass is 35.5. The quantitative estimate of drug-likeness (QED) is 0.683. The number of benzene rings is 1. The van der Waals surface area contributed by atoms with Gasteiger partial charge in [0.05, 0.1) is 36.0 Å². The Bertz CT molecular complexity index is 1050. The molecule has 8 nitrogen and oxygen atoms in total. The Morgan fingerprint density at radius 3 is 2.44 bits per heavy atom. The Balaban J connectivity index is 1.59. The van der Waals surface area contributed by atoms with Crippen LogP contribution in [0.5, 0.6) is 0 Å². The van der Waals surface area contributed by atoms with Crippen molar-refractivity contribution < 1.29 is 4.79 Å². The summed E-state index contributed by atoms with van der Waals surface area (Å²) in [6.45, 7) is 1.13. The van der Waals surface area contributed by atoms with Crippen LogP contribution >= 0.6 is 11.6 Å². The third-order valence-electron chi connectivity index (χ3n) is 4.47. The fourth-order valence-electron chi connectivity index (χ4n) is 3.10. The second kappa shape index (κ2) is 6.88. The van der Waals surface area contributed by atoms with Crippen LogP contribution in [0.25, 0.3) is 5.69 Å². The number of piperazine rings is 1. The Morgan fingerprint density at radius 2 is 1.78 bits per heavy atom. The molecule has 138 valence electrons. The number of hydrogen-bond acceptors (Lipinski definition) is 5. The number of aromatic nitrogens is 4. The number of amides is 1. The molecule has 2 aromatic heterocycles. The molecule has 0 atom stereocenters. The molecule has 27 heavy (non-hydrogen) atoms. The van der Waals surface area contributed by atoms with Crippen LogP contribution in [0.3, 0.4) is 0 Å². The highest BCUT2D eigenvalue weighted by Crippen LogP contribution is 2.25. The van der Waals surface area contributed by atoms with Gasteiger partial charge in [0.1, 0.15) is 5.02 Å². The molecule has 1 fully saturated rings. The van der Waals surface area contributed by atoms with Gasteiger partial charge in [-0.25, -0.2) is 0 Å². The standard InChI is InChI=1S/C18H17ClN6O2/c1-22-11-14(9-20-22)24-8-7-23(12-16(24)26)15-10-21-25(18(27)17(15)19)13-5-3-2-4-6-13/h2-6,9-11H,7-8,12H2,1H3. The van der Waals surface area contributed by atoms with Crippen molar-refractivity contribution in [1.82, 2.24) is 19.6 Å². The van der Waals surface area contributed by atoms with Crippen LogP contribution in [-0.2, 0) is 11.8 Å². The van der Waals surface area contributed by atoms with E-state index in [9.17, 15) is 9.59 Å². The maximum atomic E-state index is 12.6. The maximum absolute atomic E-state index is 12.6. The largest absolute Gasteiger partial charge is 0.358 e. The summed E-state index contributed by atoms with van der Waals surface area (Å²) < 4.78 is 2.90. The second-order valence-corrected chi connectivity index (χ2v) is 6.61. The molecule has 0 aliphatic carbocycles. The number of aryl methyl sites for hydroxylation is 1. The van der Waals surface area contributed by atoms with Crippen molar-refractivity contribution in [3.05, 3.63) is 64.3 Å². The van der Waals surface area contributed by atoms with Crippen molar-refractivity contribution in [3.8, 4) is 5.69 Å². The molecule has 1 aromatic carbocycles. The molecule has 9 heteroatoms. The SMILES string of the molecule is Cn1cc(N2CCN(c3cnn(-c4ccccc4)c(=O)c3Cl)CC2=O)cn1. The molecule has 4 rings (SSSR count). The smallest absolute Gasteiger partial charge is 0.292 e. The summed E-state index contributed by atoms with van der Waals surface area (Å²) in [5.74, 6) is -0.0856. The molecule has 0 saturated carbocycles. The Kier molecular flexibility index (Phi) is 4.41. The molecule has 3 heterocycles. The molecule has 1 amide bonds. The van der Waals surface area contributed by atoms with Crippen molar-refractivity contribution in [1.29, 1.82) is 0 Å². The van der Waals surface area contributed by atoms with Gasteiger partial charge < -0.3 is 9.80 Å². The van der Waals surface area contributed by atoms with Crippen LogP contribution in [0, 0.1) is 0 Å². The summed E-state index contributed by atoms with van der Waals surface area (Å²) in [5, 5.41) is 8.38. The first-order valence-corrected chi connectivity index (χ1v) is 8.79. The number of hydrogen-bond donors (Lipinski definition) is 0.